The van der Waals surface area contributed by atoms with Crippen molar-refractivity contribution in [2.24, 2.45) is 0 Å². The standard InChI is InChI=1S/C13H13ClF3NO2/c1-12(11(20)13(15,16)17)6-18-3-2-7-4-10(19)9(14)5-8(7)12/h4-5,18-19H,2-3,6H2,1H3. The predicted molar refractivity (Wildman–Crippen MR) is 68.1 cm³/mol. The predicted octanol–water partition coefficient (Wildman–Crippen LogP) is 2.58. The zero-order valence-electron chi connectivity index (χ0n) is 10.6. The molecule has 3 nitrogen and oxygen atoms in total. The number of hydrogen-bond donors (Lipinski definition) is 2. The minimum Gasteiger partial charge on any atom is -0.506 e. The number of Topliss-reactive ketones (excluding diaryl/α,β-unsaturated/α-hetero) is 1. The maximum atomic E-state index is 12.8. The van der Waals surface area contributed by atoms with E-state index < -0.39 is 17.4 Å². The first-order valence-corrected chi connectivity index (χ1v) is 6.38. The van der Waals surface area contributed by atoms with Crippen LogP contribution in [-0.4, -0.2) is 30.2 Å². The number of alkyl halides is 3. The Morgan fingerprint density at radius 2 is 2.10 bits per heavy atom. The first-order valence-electron chi connectivity index (χ1n) is 6.00. The molecule has 1 atom stereocenters. The third-order valence-electron chi connectivity index (χ3n) is 3.58. The summed E-state index contributed by atoms with van der Waals surface area (Å²) < 4.78 is 38.5. The molecule has 20 heavy (non-hydrogen) atoms. The van der Waals surface area contributed by atoms with E-state index in [0.29, 0.717) is 18.5 Å². The van der Waals surface area contributed by atoms with Crippen molar-refractivity contribution < 1.29 is 23.1 Å². The molecule has 110 valence electrons. The molecule has 1 aromatic rings. The summed E-state index contributed by atoms with van der Waals surface area (Å²) in [7, 11) is 0. The third kappa shape index (κ3) is 2.50. The molecule has 0 aromatic heterocycles. The van der Waals surface area contributed by atoms with Crippen LogP contribution in [0.5, 0.6) is 5.75 Å². The van der Waals surface area contributed by atoms with Crippen molar-refractivity contribution in [2.45, 2.75) is 24.9 Å². The second-order valence-electron chi connectivity index (χ2n) is 5.05. The molecule has 7 heteroatoms. The molecular formula is C13H13ClF3NO2. The summed E-state index contributed by atoms with van der Waals surface area (Å²) in [6, 6.07) is 2.58. The minimum atomic E-state index is -4.93. The molecule has 1 aliphatic heterocycles. The van der Waals surface area contributed by atoms with E-state index in [-0.39, 0.29) is 22.9 Å². The number of carbonyl (C=O) groups excluding carboxylic acids is 1. The Morgan fingerprint density at radius 3 is 2.70 bits per heavy atom. The van der Waals surface area contributed by atoms with E-state index in [1.807, 2.05) is 0 Å². The van der Waals surface area contributed by atoms with Crippen molar-refractivity contribution in [1.82, 2.24) is 5.32 Å². The van der Waals surface area contributed by atoms with Crippen molar-refractivity contribution in [1.29, 1.82) is 0 Å². The molecule has 0 aliphatic carbocycles. The lowest BCUT2D eigenvalue weighted by Gasteiger charge is -2.29. The maximum Gasteiger partial charge on any atom is 0.450 e. The molecule has 2 N–H and O–H groups in total. The van der Waals surface area contributed by atoms with E-state index in [1.165, 1.54) is 19.1 Å². The highest BCUT2D eigenvalue weighted by molar-refractivity contribution is 6.32. The fourth-order valence-corrected chi connectivity index (χ4v) is 2.66. The zero-order chi connectivity index (χ0) is 15.1. The molecule has 1 aliphatic rings. The van der Waals surface area contributed by atoms with E-state index in [0.717, 1.165) is 0 Å². The van der Waals surface area contributed by atoms with Crippen molar-refractivity contribution in [3.8, 4) is 5.75 Å². The van der Waals surface area contributed by atoms with Crippen LogP contribution in [0.4, 0.5) is 13.2 Å². The summed E-state index contributed by atoms with van der Waals surface area (Å²) in [6.07, 6.45) is -4.51. The van der Waals surface area contributed by atoms with E-state index >= 15 is 0 Å². The number of hydrogen-bond acceptors (Lipinski definition) is 3. The molecular weight excluding hydrogens is 295 g/mol. The molecule has 0 spiro atoms. The van der Waals surface area contributed by atoms with Gasteiger partial charge in [-0.3, -0.25) is 4.79 Å². The van der Waals surface area contributed by atoms with Crippen LogP contribution in [0.1, 0.15) is 18.1 Å². The van der Waals surface area contributed by atoms with Crippen LogP contribution in [0.2, 0.25) is 5.02 Å². The smallest absolute Gasteiger partial charge is 0.450 e. The van der Waals surface area contributed by atoms with Gasteiger partial charge in [0.05, 0.1) is 10.4 Å². The van der Waals surface area contributed by atoms with Gasteiger partial charge in [-0.25, -0.2) is 0 Å². The molecule has 1 unspecified atom stereocenters. The maximum absolute atomic E-state index is 12.8. The van der Waals surface area contributed by atoms with Gasteiger partial charge in [0.25, 0.3) is 0 Å². The molecule has 0 amide bonds. The summed E-state index contributed by atoms with van der Waals surface area (Å²) in [5, 5.41) is 12.3. The highest BCUT2D eigenvalue weighted by atomic mass is 35.5. The second-order valence-corrected chi connectivity index (χ2v) is 5.45. The number of fused-ring (bicyclic) bond motifs is 1. The molecule has 0 saturated heterocycles. The third-order valence-corrected chi connectivity index (χ3v) is 3.88. The van der Waals surface area contributed by atoms with Crippen LogP contribution in [0.3, 0.4) is 0 Å². The van der Waals surface area contributed by atoms with Crippen LogP contribution in [0.15, 0.2) is 12.1 Å². The Bertz CT molecular complexity index is 559. The SMILES string of the molecule is CC1(C(=O)C(F)(F)F)CNCCc2cc(O)c(Cl)cc21. The van der Waals surface area contributed by atoms with Gasteiger partial charge in [0.1, 0.15) is 5.75 Å². The van der Waals surface area contributed by atoms with Crippen molar-refractivity contribution in [3.63, 3.8) is 0 Å². The molecule has 2 rings (SSSR count). The van der Waals surface area contributed by atoms with Crippen LogP contribution >= 0.6 is 11.6 Å². The van der Waals surface area contributed by atoms with Crippen molar-refractivity contribution in [3.05, 3.63) is 28.3 Å². The Labute approximate surface area is 118 Å². The lowest BCUT2D eigenvalue weighted by Crippen LogP contribution is -2.48. The normalized spacial score (nSPS) is 23.1. The molecule has 0 bridgehead atoms. The topological polar surface area (TPSA) is 49.3 Å². The van der Waals surface area contributed by atoms with Gasteiger partial charge in [-0.2, -0.15) is 13.2 Å². The van der Waals surface area contributed by atoms with Gasteiger partial charge in [-0.05, 0) is 43.1 Å². The number of benzene rings is 1. The molecule has 0 radical (unpaired) electrons. The van der Waals surface area contributed by atoms with Crippen LogP contribution in [-0.2, 0) is 16.6 Å². The van der Waals surface area contributed by atoms with E-state index in [2.05, 4.69) is 5.32 Å². The Hall–Kier alpha value is -1.27. The van der Waals surface area contributed by atoms with Crippen molar-refractivity contribution in [2.75, 3.05) is 13.1 Å². The van der Waals surface area contributed by atoms with E-state index in [4.69, 9.17) is 11.6 Å². The average molecular weight is 308 g/mol. The van der Waals surface area contributed by atoms with Gasteiger partial charge in [-0.15, -0.1) is 0 Å². The second kappa shape index (κ2) is 4.93. The first kappa shape index (κ1) is 15.1. The monoisotopic (exact) mass is 307 g/mol. The Morgan fingerprint density at radius 1 is 1.45 bits per heavy atom. The van der Waals surface area contributed by atoms with Crippen LogP contribution in [0.25, 0.3) is 0 Å². The summed E-state index contributed by atoms with van der Waals surface area (Å²) in [5.74, 6) is -2.02. The number of nitrogens with one attached hydrogen (secondary N) is 1. The molecule has 1 heterocycles. The first-order chi connectivity index (χ1) is 9.16. The van der Waals surface area contributed by atoms with E-state index in [1.54, 1.807) is 0 Å². The largest absolute Gasteiger partial charge is 0.506 e. The number of aromatic hydroxyl groups is 1. The number of phenols is 1. The quantitative estimate of drug-likeness (QED) is 0.838. The van der Waals surface area contributed by atoms with Gasteiger partial charge in [0.2, 0.25) is 5.78 Å². The van der Waals surface area contributed by atoms with Crippen LogP contribution in [0, 0.1) is 0 Å². The minimum absolute atomic E-state index is 0.0631. The number of halogens is 4. The van der Waals surface area contributed by atoms with Crippen molar-refractivity contribution >= 4 is 17.4 Å². The summed E-state index contributed by atoms with van der Waals surface area (Å²) >= 11 is 5.78. The lowest BCUT2D eigenvalue weighted by atomic mass is 9.76. The molecule has 0 fully saturated rings. The van der Waals surface area contributed by atoms with Gasteiger partial charge in [0.15, 0.2) is 0 Å². The van der Waals surface area contributed by atoms with Gasteiger partial charge in [-0.1, -0.05) is 11.6 Å². The van der Waals surface area contributed by atoms with Gasteiger partial charge >= 0.3 is 6.18 Å². The lowest BCUT2D eigenvalue weighted by molar-refractivity contribution is -0.176. The number of ketones is 1. The highest BCUT2D eigenvalue weighted by Gasteiger charge is 2.52. The number of phenolic OH excluding ortho intramolecular Hbond substituents is 1. The summed E-state index contributed by atoms with van der Waals surface area (Å²) in [5.41, 5.74) is -1.04. The fraction of sp³-hybridized carbons (Fsp3) is 0.462. The van der Waals surface area contributed by atoms with Gasteiger partial charge in [0, 0.05) is 6.54 Å². The van der Waals surface area contributed by atoms with Gasteiger partial charge < -0.3 is 10.4 Å². The Balaban J connectivity index is 2.62. The number of rotatable bonds is 1. The zero-order valence-corrected chi connectivity index (χ0v) is 11.4. The Kier molecular flexibility index (Phi) is 3.73. The van der Waals surface area contributed by atoms with E-state index in [9.17, 15) is 23.1 Å². The average Bonchev–Trinajstić information content (AvgIpc) is 2.50. The highest BCUT2D eigenvalue weighted by Crippen LogP contribution is 2.39. The number of carbonyl (C=O) groups is 1. The van der Waals surface area contributed by atoms with Crippen LogP contribution < -0.4 is 5.32 Å². The molecule has 1 aromatic carbocycles. The fourth-order valence-electron chi connectivity index (χ4n) is 2.50. The molecule has 0 saturated carbocycles. The summed E-state index contributed by atoms with van der Waals surface area (Å²) in [6.45, 7) is 1.54. The summed E-state index contributed by atoms with van der Waals surface area (Å²) in [4.78, 5) is 11.8.